The molecule has 0 saturated carbocycles. The molecule has 1 aromatic heterocycles. The lowest BCUT2D eigenvalue weighted by Gasteiger charge is -2.30. The van der Waals surface area contributed by atoms with E-state index in [1.807, 2.05) is 40.9 Å². The van der Waals surface area contributed by atoms with Crippen LogP contribution in [0.25, 0.3) is 10.9 Å². The highest BCUT2D eigenvalue weighted by Gasteiger charge is 2.23. The van der Waals surface area contributed by atoms with Gasteiger partial charge in [0.2, 0.25) is 0 Å². The molecule has 1 fully saturated rings. The van der Waals surface area contributed by atoms with Gasteiger partial charge in [0, 0.05) is 29.5 Å². The fourth-order valence-electron chi connectivity index (χ4n) is 2.41. The SMILES string of the molecule is CC1CN(C(=O)c2cc(Cl)c3ccccc3n2)CCS1. The molecule has 0 spiro atoms. The van der Waals surface area contributed by atoms with Crippen LogP contribution in [-0.4, -0.2) is 39.9 Å². The first-order chi connectivity index (χ1) is 9.65. The van der Waals surface area contributed by atoms with Crippen molar-refractivity contribution in [2.45, 2.75) is 12.2 Å². The molecule has 1 saturated heterocycles. The molecular weight excluding hydrogens is 292 g/mol. The molecule has 2 aromatic rings. The van der Waals surface area contributed by atoms with Gasteiger partial charge in [0.05, 0.1) is 10.5 Å². The lowest BCUT2D eigenvalue weighted by atomic mass is 10.2. The van der Waals surface area contributed by atoms with Crippen molar-refractivity contribution in [1.82, 2.24) is 9.88 Å². The van der Waals surface area contributed by atoms with E-state index in [0.29, 0.717) is 16.0 Å². The van der Waals surface area contributed by atoms with Gasteiger partial charge in [-0.25, -0.2) is 4.98 Å². The van der Waals surface area contributed by atoms with Crippen LogP contribution in [0.1, 0.15) is 17.4 Å². The summed E-state index contributed by atoms with van der Waals surface area (Å²) in [6.07, 6.45) is 0. The maximum absolute atomic E-state index is 12.5. The van der Waals surface area contributed by atoms with Gasteiger partial charge in [-0.05, 0) is 12.1 Å². The van der Waals surface area contributed by atoms with Gasteiger partial charge in [0.1, 0.15) is 5.69 Å². The number of hydrogen-bond donors (Lipinski definition) is 0. The Morgan fingerprint density at radius 2 is 2.25 bits per heavy atom. The Kier molecular flexibility index (Phi) is 3.85. The molecule has 104 valence electrons. The molecule has 0 radical (unpaired) electrons. The number of benzene rings is 1. The van der Waals surface area contributed by atoms with Crippen LogP contribution in [0.5, 0.6) is 0 Å². The van der Waals surface area contributed by atoms with E-state index in [9.17, 15) is 4.79 Å². The van der Waals surface area contributed by atoms with Crippen LogP contribution in [0.2, 0.25) is 5.02 Å². The number of fused-ring (bicyclic) bond motifs is 1. The monoisotopic (exact) mass is 306 g/mol. The first kappa shape index (κ1) is 13.7. The molecule has 5 heteroatoms. The largest absolute Gasteiger partial charge is 0.335 e. The summed E-state index contributed by atoms with van der Waals surface area (Å²) in [4.78, 5) is 18.9. The third kappa shape index (κ3) is 2.63. The average molecular weight is 307 g/mol. The van der Waals surface area contributed by atoms with E-state index in [0.717, 1.165) is 29.7 Å². The molecule has 1 aromatic carbocycles. The van der Waals surface area contributed by atoms with Crippen molar-refractivity contribution in [2.24, 2.45) is 0 Å². The number of hydrogen-bond acceptors (Lipinski definition) is 3. The van der Waals surface area contributed by atoms with Crippen LogP contribution >= 0.6 is 23.4 Å². The average Bonchev–Trinajstić information content (AvgIpc) is 2.46. The zero-order chi connectivity index (χ0) is 14.1. The predicted octanol–water partition coefficient (Wildman–Crippen LogP) is 3.47. The fraction of sp³-hybridized carbons (Fsp3) is 0.333. The van der Waals surface area contributed by atoms with Crippen molar-refractivity contribution < 1.29 is 4.79 Å². The minimum atomic E-state index is -0.0233. The van der Waals surface area contributed by atoms with E-state index in [2.05, 4.69) is 11.9 Å². The van der Waals surface area contributed by atoms with E-state index in [1.165, 1.54) is 0 Å². The number of amides is 1. The van der Waals surface area contributed by atoms with Crippen LogP contribution in [0.3, 0.4) is 0 Å². The third-order valence-corrected chi connectivity index (χ3v) is 4.86. The highest BCUT2D eigenvalue weighted by Crippen LogP contribution is 2.24. The summed E-state index contributed by atoms with van der Waals surface area (Å²) < 4.78 is 0. The number of thioether (sulfide) groups is 1. The van der Waals surface area contributed by atoms with Crippen LogP contribution in [-0.2, 0) is 0 Å². The van der Waals surface area contributed by atoms with Gasteiger partial charge in [-0.3, -0.25) is 4.79 Å². The van der Waals surface area contributed by atoms with Crippen molar-refractivity contribution in [3.8, 4) is 0 Å². The van der Waals surface area contributed by atoms with Crippen molar-refractivity contribution >= 4 is 40.2 Å². The number of para-hydroxylation sites is 1. The van der Waals surface area contributed by atoms with E-state index < -0.39 is 0 Å². The van der Waals surface area contributed by atoms with Gasteiger partial charge in [-0.1, -0.05) is 36.7 Å². The molecular formula is C15H15ClN2OS. The first-order valence-corrected chi connectivity index (χ1v) is 8.04. The Balaban J connectivity index is 1.95. The lowest BCUT2D eigenvalue weighted by molar-refractivity contribution is 0.0757. The number of carbonyl (C=O) groups is 1. The van der Waals surface area contributed by atoms with Crippen molar-refractivity contribution in [1.29, 1.82) is 0 Å². The number of aromatic nitrogens is 1. The fourth-order valence-corrected chi connectivity index (χ4v) is 3.68. The smallest absolute Gasteiger partial charge is 0.272 e. The molecule has 0 bridgehead atoms. The number of nitrogens with zero attached hydrogens (tertiary/aromatic N) is 2. The number of rotatable bonds is 1. The van der Waals surface area contributed by atoms with Crippen LogP contribution in [0.4, 0.5) is 0 Å². The third-order valence-electron chi connectivity index (χ3n) is 3.41. The van der Waals surface area contributed by atoms with Crippen LogP contribution in [0.15, 0.2) is 30.3 Å². The Hall–Kier alpha value is -1.26. The molecule has 0 aliphatic carbocycles. The summed E-state index contributed by atoms with van der Waals surface area (Å²) in [5, 5.41) is 1.94. The maximum atomic E-state index is 12.5. The van der Waals surface area contributed by atoms with E-state index in [4.69, 9.17) is 11.6 Å². The second kappa shape index (κ2) is 5.62. The summed E-state index contributed by atoms with van der Waals surface area (Å²) >= 11 is 8.16. The molecule has 3 rings (SSSR count). The zero-order valence-corrected chi connectivity index (χ0v) is 12.7. The molecule has 1 aliphatic heterocycles. The molecule has 1 atom stereocenters. The number of carbonyl (C=O) groups excluding carboxylic acids is 1. The maximum Gasteiger partial charge on any atom is 0.272 e. The number of halogens is 1. The molecule has 3 nitrogen and oxygen atoms in total. The van der Waals surface area contributed by atoms with E-state index in [1.54, 1.807) is 6.07 Å². The Bertz CT molecular complexity index is 661. The van der Waals surface area contributed by atoms with Crippen LogP contribution < -0.4 is 0 Å². The topological polar surface area (TPSA) is 33.2 Å². The van der Waals surface area contributed by atoms with Crippen molar-refractivity contribution in [2.75, 3.05) is 18.8 Å². The van der Waals surface area contributed by atoms with E-state index >= 15 is 0 Å². The van der Waals surface area contributed by atoms with Crippen molar-refractivity contribution in [3.05, 3.63) is 41.0 Å². The van der Waals surface area contributed by atoms with E-state index in [-0.39, 0.29) is 5.91 Å². The number of pyridine rings is 1. The zero-order valence-electron chi connectivity index (χ0n) is 11.2. The van der Waals surface area contributed by atoms with Gasteiger partial charge in [0.25, 0.3) is 5.91 Å². The molecule has 1 amide bonds. The normalized spacial score (nSPS) is 19.3. The summed E-state index contributed by atoms with van der Waals surface area (Å²) in [5.74, 6) is 0.957. The van der Waals surface area contributed by atoms with Crippen molar-refractivity contribution in [3.63, 3.8) is 0 Å². The highest BCUT2D eigenvalue weighted by molar-refractivity contribution is 7.99. The highest BCUT2D eigenvalue weighted by atomic mass is 35.5. The summed E-state index contributed by atoms with van der Waals surface area (Å²) in [7, 11) is 0. The first-order valence-electron chi connectivity index (χ1n) is 6.61. The molecule has 1 aliphatic rings. The Morgan fingerprint density at radius 3 is 3.05 bits per heavy atom. The minimum Gasteiger partial charge on any atom is -0.335 e. The molecule has 20 heavy (non-hydrogen) atoms. The van der Waals surface area contributed by atoms with Gasteiger partial charge in [-0.2, -0.15) is 11.8 Å². The Labute approximate surface area is 127 Å². The Morgan fingerprint density at radius 1 is 1.45 bits per heavy atom. The standard InChI is InChI=1S/C15H15ClN2OS/c1-10-9-18(6-7-20-10)15(19)14-8-12(16)11-4-2-3-5-13(11)17-14/h2-5,8,10H,6-7,9H2,1H3. The molecule has 2 heterocycles. The van der Waals surface area contributed by atoms with Gasteiger partial charge in [0.15, 0.2) is 0 Å². The molecule has 0 N–H and O–H groups in total. The minimum absolute atomic E-state index is 0.0233. The quantitative estimate of drug-likeness (QED) is 0.809. The van der Waals surface area contributed by atoms with Crippen LogP contribution in [0, 0.1) is 0 Å². The second-order valence-corrected chi connectivity index (χ2v) is 6.89. The van der Waals surface area contributed by atoms with Gasteiger partial charge < -0.3 is 4.90 Å². The lowest BCUT2D eigenvalue weighted by Crippen LogP contribution is -2.41. The summed E-state index contributed by atoms with van der Waals surface area (Å²) in [6.45, 7) is 3.69. The predicted molar refractivity (Wildman–Crippen MR) is 84.6 cm³/mol. The molecule has 1 unspecified atom stereocenters. The van der Waals surface area contributed by atoms with Gasteiger partial charge in [-0.15, -0.1) is 0 Å². The summed E-state index contributed by atoms with van der Waals surface area (Å²) in [5.41, 5.74) is 1.20. The van der Waals surface area contributed by atoms with Gasteiger partial charge >= 0.3 is 0 Å². The second-order valence-electron chi connectivity index (χ2n) is 4.94. The summed E-state index contributed by atoms with van der Waals surface area (Å²) in [6, 6.07) is 9.30.